The van der Waals surface area contributed by atoms with E-state index in [2.05, 4.69) is 42.5 Å². The molecule has 3 aromatic carbocycles. The lowest BCUT2D eigenvalue weighted by molar-refractivity contribution is 0.927. The van der Waals surface area contributed by atoms with Crippen LogP contribution in [0.5, 0.6) is 0 Å². The fraction of sp³-hybridized carbons (Fsp3) is 0.111. The highest BCUT2D eigenvalue weighted by Gasteiger charge is 2.10. The van der Waals surface area contributed by atoms with Crippen LogP contribution in [0.15, 0.2) is 66.7 Å². The second-order valence-corrected chi connectivity index (χ2v) is 5.82. The van der Waals surface area contributed by atoms with Gasteiger partial charge in [0.15, 0.2) is 0 Å². The van der Waals surface area contributed by atoms with E-state index in [4.69, 9.17) is 23.2 Å². The van der Waals surface area contributed by atoms with E-state index in [0.717, 1.165) is 17.0 Å². The van der Waals surface area contributed by atoms with Crippen molar-refractivity contribution in [2.24, 2.45) is 0 Å². The number of benzene rings is 3. The molecule has 0 fully saturated rings. The van der Waals surface area contributed by atoms with E-state index in [1.807, 2.05) is 24.3 Å². The maximum Gasteiger partial charge on any atom is 0.0625 e. The lowest BCUT2D eigenvalue weighted by Crippen LogP contribution is -1.96. The van der Waals surface area contributed by atoms with Crippen LogP contribution >= 0.6 is 23.2 Å². The van der Waals surface area contributed by atoms with Crippen molar-refractivity contribution in [2.75, 3.05) is 0 Å². The van der Waals surface area contributed by atoms with Gasteiger partial charge in [0.2, 0.25) is 0 Å². The molecule has 3 aromatic rings. The van der Waals surface area contributed by atoms with Crippen LogP contribution in [0, 0.1) is 0 Å². The molecule has 0 aliphatic carbocycles. The molecule has 0 saturated heterocycles. The van der Waals surface area contributed by atoms with Crippen LogP contribution in [0.1, 0.15) is 16.5 Å². The minimum absolute atomic E-state index is 0.0435. The molecule has 1 atom stereocenters. The van der Waals surface area contributed by atoms with Crippen LogP contribution in [0.25, 0.3) is 10.8 Å². The minimum Gasteiger partial charge on any atom is -0.117 e. The van der Waals surface area contributed by atoms with Gasteiger partial charge in [-0.2, -0.15) is 0 Å². The summed E-state index contributed by atoms with van der Waals surface area (Å²) in [6.07, 6.45) is 0.810. The Hall–Kier alpha value is -1.50. The fourth-order valence-corrected chi connectivity index (χ4v) is 2.89. The Kier molecular flexibility index (Phi) is 3.95. The topological polar surface area (TPSA) is 0 Å². The Balaban J connectivity index is 1.91. The lowest BCUT2D eigenvalue weighted by atomic mass is 9.98. The van der Waals surface area contributed by atoms with E-state index >= 15 is 0 Å². The highest BCUT2D eigenvalue weighted by atomic mass is 35.5. The van der Waals surface area contributed by atoms with Crippen molar-refractivity contribution in [3.05, 3.63) is 82.9 Å². The number of hydrogen-bond acceptors (Lipinski definition) is 0. The molecule has 0 spiro atoms. The second-order valence-electron chi connectivity index (χ2n) is 4.86. The van der Waals surface area contributed by atoms with Crippen LogP contribution < -0.4 is 0 Å². The second kappa shape index (κ2) is 5.87. The Morgan fingerprint density at radius 2 is 1.50 bits per heavy atom. The summed E-state index contributed by atoms with van der Waals surface area (Å²) >= 11 is 12.5. The molecule has 1 unspecified atom stereocenters. The van der Waals surface area contributed by atoms with Crippen LogP contribution in [-0.2, 0) is 6.42 Å². The maximum atomic E-state index is 6.55. The predicted octanol–water partition coefficient (Wildman–Crippen LogP) is 6.02. The normalized spacial score (nSPS) is 12.5. The monoisotopic (exact) mass is 300 g/mol. The standard InChI is InChI=1S/C18H14Cl2/c19-16-10-8-14(9-11-16)18(20)12-15-6-3-5-13-4-1-2-7-17(13)15/h1-11,18H,12H2. The van der Waals surface area contributed by atoms with Crippen molar-refractivity contribution in [2.45, 2.75) is 11.8 Å². The zero-order valence-electron chi connectivity index (χ0n) is 10.9. The first kappa shape index (κ1) is 13.5. The molecule has 100 valence electrons. The van der Waals surface area contributed by atoms with Crippen molar-refractivity contribution in [3.8, 4) is 0 Å². The van der Waals surface area contributed by atoms with E-state index < -0.39 is 0 Å². The Labute approximate surface area is 129 Å². The zero-order chi connectivity index (χ0) is 13.9. The van der Waals surface area contributed by atoms with Crippen molar-refractivity contribution in [1.29, 1.82) is 0 Å². The van der Waals surface area contributed by atoms with Crippen LogP contribution in [0.3, 0.4) is 0 Å². The van der Waals surface area contributed by atoms with Gasteiger partial charge in [-0.1, -0.05) is 66.2 Å². The van der Waals surface area contributed by atoms with Crippen molar-refractivity contribution < 1.29 is 0 Å². The number of halogens is 2. The van der Waals surface area contributed by atoms with Gasteiger partial charge in [-0.15, -0.1) is 11.6 Å². The molecule has 0 aliphatic rings. The summed E-state index contributed by atoms with van der Waals surface area (Å²) in [7, 11) is 0. The highest BCUT2D eigenvalue weighted by molar-refractivity contribution is 6.30. The molecule has 0 saturated carbocycles. The summed E-state index contributed by atoms with van der Waals surface area (Å²) in [5.74, 6) is 0. The molecular formula is C18H14Cl2. The fourth-order valence-electron chi connectivity index (χ4n) is 2.45. The first-order valence-corrected chi connectivity index (χ1v) is 7.41. The number of fused-ring (bicyclic) bond motifs is 1. The van der Waals surface area contributed by atoms with Crippen molar-refractivity contribution in [1.82, 2.24) is 0 Å². The van der Waals surface area contributed by atoms with E-state index in [0.29, 0.717) is 0 Å². The van der Waals surface area contributed by atoms with E-state index in [1.165, 1.54) is 16.3 Å². The molecule has 0 nitrogen and oxygen atoms in total. The summed E-state index contributed by atoms with van der Waals surface area (Å²) in [4.78, 5) is 0. The molecule has 20 heavy (non-hydrogen) atoms. The van der Waals surface area contributed by atoms with Gasteiger partial charge in [0.25, 0.3) is 0 Å². The molecule has 0 aliphatic heterocycles. The quantitative estimate of drug-likeness (QED) is 0.519. The molecule has 0 bridgehead atoms. The van der Waals surface area contributed by atoms with Gasteiger partial charge in [-0.25, -0.2) is 0 Å². The third-order valence-corrected chi connectivity index (χ3v) is 4.17. The molecule has 0 amide bonds. The number of hydrogen-bond donors (Lipinski definition) is 0. The average Bonchev–Trinajstić information content (AvgIpc) is 2.48. The number of alkyl halides is 1. The van der Waals surface area contributed by atoms with Crippen LogP contribution in [0.2, 0.25) is 5.02 Å². The molecular weight excluding hydrogens is 287 g/mol. The summed E-state index contributed by atoms with van der Waals surface area (Å²) in [6, 6.07) is 22.5. The third kappa shape index (κ3) is 2.82. The molecule has 0 N–H and O–H groups in total. The summed E-state index contributed by atoms with van der Waals surface area (Å²) in [5.41, 5.74) is 2.38. The Morgan fingerprint density at radius 1 is 0.800 bits per heavy atom. The first-order chi connectivity index (χ1) is 9.74. The maximum absolute atomic E-state index is 6.55. The molecule has 0 radical (unpaired) electrons. The molecule has 0 aromatic heterocycles. The Bertz CT molecular complexity index is 712. The van der Waals surface area contributed by atoms with Gasteiger partial charge in [-0.3, -0.25) is 0 Å². The minimum atomic E-state index is -0.0435. The van der Waals surface area contributed by atoms with Gasteiger partial charge in [0.05, 0.1) is 5.38 Å². The van der Waals surface area contributed by atoms with Gasteiger partial charge < -0.3 is 0 Å². The summed E-state index contributed by atoms with van der Waals surface area (Å²) < 4.78 is 0. The van der Waals surface area contributed by atoms with Crippen LogP contribution in [0.4, 0.5) is 0 Å². The van der Waals surface area contributed by atoms with E-state index in [1.54, 1.807) is 0 Å². The predicted molar refractivity (Wildman–Crippen MR) is 87.7 cm³/mol. The van der Waals surface area contributed by atoms with Gasteiger partial charge >= 0.3 is 0 Å². The van der Waals surface area contributed by atoms with E-state index in [9.17, 15) is 0 Å². The summed E-state index contributed by atoms with van der Waals surface area (Å²) in [5, 5.41) is 3.22. The largest absolute Gasteiger partial charge is 0.117 e. The molecule has 3 rings (SSSR count). The lowest BCUT2D eigenvalue weighted by Gasteiger charge is -2.12. The summed E-state index contributed by atoms with van der Waals surface area (Å²) in [6.45, 7) is 0. The van der Waals surface area contributed by atoms with Gasteiger partial charge in [0.1, 0.15) is 0 Å². The van der Waals surface area contributed by atoms with Gasteiger partial charge in [-0.05, 0) is 40.5 Å². The smallest absolute Gasteiger partial charge is 0.0625 e. The average molecular weight is 301 g/mol. The van der Waals surface area contributed by atoms with E-state index in [-0.39, 0.29) is 5.38 Å². The molecule has 0 heterocycles. The van der Waals surface area contributed by atoms with Crippen molar-refractivity contribution >= 4 is 34.0 Å². The van der Waals surface area contributed by atoms with Crippen LogP contribution in [-0.4, -0.2) is 0 Å². The first-order valence-electron chi connectivity index (χ1n) is 6.60. The highest BCUT2D eigenvalue weighted by Crippen LogP contribution is 2.29. The zero-order valence-corrected chi connectivity index (χ0v) is 12.4. The Morgan fingerprint density at radius 3 is 2.30 bits per heavy atom. The number of rotatable bonds is 3. The van der Waals surface area contributed by atoms with Crippen molar-refractivity contribution in [3.63, 3.8) is 0 Å². The SMILES string of the molecule is Clc1ccc(C(Cl)Cc2cccc3ccccc23)cc1. The van der Waals surface area contributed by atoms with Gasteiger partial charge in [0, 0.05) is 5.02 Å². The third-order valence-electron chi connectivity index (χ3n) is 3.51. The molecule has 2 heteroatoms.